The lowest BCUT2D eigenvalue weighted by atomic mass is 10.2. The zero-order chi connectivity index (χ0) is 13.9. The molecule has 1 atom stereocenters. The number of nitrogens with zero attached hydrogens (tertiary/aromatic N) is 1. The van der Waals surface area contributed by atoms with Gasteiger partial charge in [0.1, 0.15) is 5.82 Å². The second-order valence-corrected chi connectivity index (χ2v) is 4.19. The van der Waals surface area contributed by atoms with Crippen LogP contribution in [0.1, 0.15) is 23.7 Å². The third kappa shape index (κ3) is 4.40. The number of hydrogen-bond donors (Lipinski definition) is 2. The number of rotatable bonds is 3. The first-order valence-corrected chi connectivity index (χ1v) is 5.35. The minimum Gasteiger partial charge on any atom is -0.382 e. The Morgan fingerprint density at radius 3 is 2.72 bits per heavy atom. The Morgan fingerprint density at radius 1 is 1.61 bits per heavy atom. The molecule has 1 aromatic heterocycles. The van der Waals surface area contributed by atoms with Gasteiger partial charge in [0.25, 0.3) is 5.91 Å². The van der Waals surface area contributed by atoms with Gasteiger partial charge in [-0.15, -0.1) is 0 Å². The van der Waals surface area contributed by atoms with Crippen molar-refractivity contribution in [1.82, 2.24) is 10.3 Å². The Hall–Kier alpha value is -1.50. The third-order valence-corrected chi connectivity index (χ3v) is 2.35. The Kier molecular flexibility index (Phi) is 4.39. The van der Waals surface area contributed by atoms with Crippen molar-refractivity contribution in [3.63, 3.8) is 0 Å². The summed E-state index contributed by atoms with van der Waals surface area (Å²) in [4.78, 5) is 15.2. The first-order valence-electron chi connectivity index (χ1n) is 4.97. The van der Waals surface area contributed by atoms with Crippen LogP contribution in [0.5, 0.6) is 0 Å². The van der Waals surface area contributed by atoms with Crippen LogP contribution in [0.3, 0.4) is 0 Å². The molecular formula is C10H11ClF3N3O. The van der Waals surface area contributed by atoms with E-state index in [1.54, 1.807) is 0 Å². The summed E-state index contributed by atoms with van der Waals surface area (Å²) in [5.74, 6) is -0.627. The molecule has 1 rings (SSSR count). The molecule has 3 N–H and O–H groups in total. The van der Waals surface area contributed by atoms with Crippen LogP contribution in [-0.2, 0) is 0 Å². The summed E-state index contributed by atoms with van der Waals surface area (Å²) in [5, 5.41) is 2.28. The SMILES string of the molecule is CC(CC(F)(F)F)NC(=O)c1cnc(N)c(Cl)c1. The molecule has 18 heavy (non-hydrogen) atoms. The van der Waals surface area contributed by atoms with Crippen molar-refractivity contribution in [1.29, 1.82) is 0 Å². The number of halogens is 4. The van der Waals surface area contributed by atoms with Crippen LogP contribution in [-0.4, -0.2) is 23.1 Å². The fourth-order valence-electron chi connectivity index (χ4n) is 1.28. The number of nitrogens with one attached hydrogen (secondary N) is 1. The quantitative estimate of drug-likeness (QED) is 0.894. The smallest absolute Gasteiger partial charge is 0.382 e. The van der Waals surface area contributed by atoms with E-state index >= 15 is 0 Å². The van der Waals surface area contributed by atoms with Crippen LogP contribution in [0.2, 0.25) is 5.02 Å². The second kappa shape index (κ2) is 5.43. The van der Waals surface area contributed by atoms with E-state index in [2.05, 4.69) is 10.3 Å². The Morgan fingerprint density at radius 2 is 2.22 bits per heavy atom. The Labute approximate surface area is 106 Å². The second-order valence-electron chi connectivity index (χ2n) is 3.78. The predicted molar refractivity (Wildman–Crippen MR) is 61.3 cm³/mol. The van der Waals surface area contributed by atoms with Gasteiger partial charge >= 0.3 is 6.18 Å². The molecule has 0 aliphatic rings. The molecule has 1 unspecified atom stereocenters. The van der Waals surface area contributed by atoms with Crippen molar-refractivity contribution in [2.45, 2.75) is 25.6 Å². The average molecular weight is 282 g/mol. The van der Waals surface area contributed by atoms with Gasteiger partial charge in [0.15, 0.2) is 0 Å². The highest BCUT2D eigenvalue weighted by Gasteiger charge is 2.30. The molecule has 1 amide bonds. The summed E-state index contributed by atoms with van der Waals surface area (Å²) in [6.45, 7) is 1.26. The molecular weight excluding hydrogens is 271 g/mol. The van der Waals surface area contributed by atoms with E-state index in [1.165, 1.54) is 13.0 Å². The number of nitrogens with two attached hydrogens (primary N) is 1. The van der Waals surface area contributed by atoms with Crippen molar-refractivity contribution in [3.8, 4) is 0 Å². The van der Waals surface area contributed by atoms with Gasteiger partial charge < -0.3 is 11.1 Å². The summed E-state index contributed by atoms with van der Waals surface area (Å²) >= 11 is 5.65. The van der Waals surface area contributed by atoms with E-state index in [1.807, 2.05) is 0 Å². The van der Waals surface area contributed by atoms with Gasteiger partial charge in [-0.25, -0.2) is 4.98 Å². The van der Waals surface area contributed by atoms with Gasteiger partial charge in [-0.1, -0.05) is 11.6 Å². The topological polar surface area (TPSA) is 68.0 Å². The molecule has 0 saturated carbocycles. The molecule has 100 valence electrons. The molecule has 8 heteroatoms. The molecule has 1 heterocycles. The summed E-state index contributed by atoms with van der Waals surface area (Å²) < 4.78 is 36.2. The minimum absolute atomic E-state index is 0.0524. The number of carbonyl (C=O) groups excluding carboxylic acids is 1. The van der Waals surface area contributed by atoms with Gasteiger partial charge in [0.05, 0.1) is 17.0 Å². The van der Waals surface area contributed by atoms with Crippen LogP contribution < -0.4 is 11.1 Å². The van der Waals surface area contributed by atoms with Gasteiger partial charge in [0, 0.05) is 12.2 Å². The summed E-state index contributed by atoms with van der Waals surface area (Å²) in [5.41, 5.74) is 5.41. The highest BCUT2D eigenvalue weighted by Crippen LogP contribution is 2.22. The highest BCUT2D eigenvalue weighted by atomic mass is 35.5. The minimum atomic E-state index is -4.33. The normalized spacial score (nSPS) is 13.2. The lowest BCUT2D eigenvalue weighted by Gasteiger charge is -2.15. The lowest BCUT2D eigenvalue weighted by Crippen LogP contribution is -2.36. The molecule has 0 saturated heterocycles. The molecule has 0 radical (unpaired) electrons. The number of anilines is 1. The van der Waals surface area contributed by atoms with Crippen molar-refractivity contribution in [2.75, 3.05) is 5.73 Å². The van der Waals surface area contributed by atoms with E-state index in [0.717, 1.165) is 6.20 Å². The van der Waals surface area contributed by atoms with Crippen molar-refractivity contribution < 1.29 is 18.0 Å². The van der Waals surface area contributed by atoms with Crippen LogP contribution in [0.4, 0.5) is 19.0 Å². The maximum Gasteiger partial charge on any atom is 0.391 e. The zero-order valence-electron chi connectivity index (χ0n) is 9.38. The Balaban J connectivity index is 2.68. The van der Waals surface area contributed by atoms with E-state index in [9.17, 15) is 18.0 Å². The maximum atomic E-state index is 12.1. The Bertz CT molecular complexity index is 450. The van der Waals surface area contributed by atoms with Gasteiger partial charge in [0.2, 0.25) is 0 Å². The highest BCUT2D eigenvalue weighted by molar-refractivity contribution is 6.33. The average Bonchev–Trinajstić information content (AvgIpc) is 2.18. The number of carbonyl (C=O) groups is 1. The largest absolute Gasteiger partial charge is 0.391 e. The number of nitrogen functional groups attached to an aromatic ring is 1. The van der Waals surface area contributed by atoms with E-state index < -0.39 is 24.5 Å². The van der Waals surface area contributed by atoms with Crippen LogP contribution in [0.25, 0.3) is 0 Å². The summed E-state index contributed by atoms with van der Waals surface area (Å²) in [7, 11) is 0. The molecule has 0 bridgehead atoms. The maximum absolute atomic E-state index is 12.1. The first-order chi connectivity index (χ1) is 8.19. The number of aromatic nitrogens is 1. The molecule has 0 aliphatic carbocycles. The van der Waals surface area contributed by atoms with Crippen LogP contribution in [0.15, 0.2) is 12.3 Å². The molecule has 0 aromatic carbocycles. The molecule has 0 spiro atoms. The monoisotopic (exact) mass is 281 g/mol. The first kappa shape index (κ1) is 14.6. The van der Waals surface area contributed by atoms with Crippen molar-refractivity contribution >= 4 is 23.3 Å². The van der Waals surface area contributed by atoms with Crippen LogP contribution in [0, 0.1) is 0 Å². The summed E-state index contributed by atoms with van der Waals surface area (Å²) in [6, 6.07) is 0.216. The molecule has 1 aromatic rings. The number of hydrogen-bond acceptors (Lipinski definition) is 3. The standard InChI is InChI=1S/C10H11ClF3N3O/c1-5(3-10(12,13)14)17-9(18)6-2-7(11)8(15)16-4-6/h2,4-5H,3H2,1H3,(H2,15,16)(H,17,18). The van der Waals surface area contributed by atoms with Crippen molar-refractivity contribution in [3.05, 3.63) is 22.8 Å². The van der Waals surface area contributed by atoms with E-state index in [0.29, 0.717) is 0 Å². The predicted octanol–water partition coefficient (Wildman–Crippen LogP) is 2.39. The number of amides is 1. The van der Waals surface area contributed by atoms with Crippen molar-refractivity contribution in [2.24, 2.45) is 0 Å². The number of pyridine rings is 1. The van der Waals surface area contributed by atoms with Gasteiger partial charge in [-0.05, 0) is 13.0 Å². The van der Waals surface area contributed by atoms with E-state index in [4.69, 9.17) is 17.3 Å². The molecule has 0 aliphatic heterocycles. The summed E-state index contributed by atoms with van der Waals surface area (Å²) in [6.07, 6.45) is -4.28. The fourth-order valence-corrected chi connectivity index (χ4v) is 1.44. The van der Waals surface area contributed by atoms with Gasteiger partial charge in [-0.3, -0.25) is 4.79 Å². The number of alkyl halides is 3. The third-order valence-electron chi connectivity index (χ3n) is 2.05. The fraction of sp³-hybridized carbons (Fsp3) is 0.400. The van der Waals surface area contributed by atoms with Gasteiger partial charge in [-0.2, -0.15) is 13.2 Å². The molecule has 4 nitrogen and oxygen atoms in total. The lowest BCUT2D eigenvalue weighted by molar-refractivity contribution is -0.138. The zero-order valence-corrected chi connectivity index (χ0v) is 10.1. The molecule has 0 fully saturated rings. The van der Waals surface area contributed by atoms with E-state index in [-0.39, 0.29) is 16.4 Å². The van der Waals surface area contributed by atoms with Crippen LogP contribution >= 0.6 is 11.6 Å².